The number of hydrazine groups is 1. The fourth-order valence-corrected chi connectivity index (χ4v) is 5.66. The number of halogens is 1. The molecule has 2 aromatic carbocycles. The van der Waals surface area contributed by atoms with E-state index < -0.39 is 4.87 Å². The van der Waals surface area contributed by atoms with E-state index in [1.165, 1.54) is 16.8 Å². The Morgan fingerprint density at radius 1 is 1.06 bits per heavy atom. The Bertz CT molecular complexity index is 1450. The maximum absolute atomic E-state index is 13.2. The first-order valence-electron chi connectivity index (χ1n) is 10.2. The van der Waals surface area contributed by atoms with Crippen LogP contribution < -0.4 is 10.7 Å². The van der Waals surface area contributed by atoms with Crippen molar-refractivity contribution in [3.63, 3.8) is 0 Å². The standard InChI is InChI=1S/C24H16ClN5O2S/c25-16-8-9-19-18(12-16)24(23(32)27-19)30(20(31)13-33-24)29-22-17(14-5-2-1-3-6-14)11-15-7-4-10-26-21(15)28-22/h1-12H,13H2,(H,27,32)(H,26,28,29). The number of aromatic nitrogens is 2. The number of thioether (sulfide) groups is 1. The molecular formula is C24H16ClN5O2S. The average Bonchev–Trinajstić information content (AvgIpc) is 3.31. The second kappa shape index (κ2) is 7.47. The van der Waals surface area contributed by atoms with Crippen LogP contribution in [-0.4, -0.2) is 32.5 Å². The van der Waals surface area contributed by atoms with Crippen molar-refractivity contribution in [2.45, 2.75) is 4.87 Å². The van der Waals surface area contributed by atoms with Gasteiger partial charge in [0.05, 0.1) is 5.75 Å². The lowest BCUT2D eigenvalue weighted by Gasteiger charge is -2.33. The van der Waals surface area contributed by atoms with Crippen molar-refractivity contribution in [1.29, 1.82) is 0 Å². The first-order chi connectivity index (χ1) is 16.1. The van der Waals surface area contributed by atoms with E-state index in [1.54, 1.807) is 24.4 Å². The number of nitrogens with one attached hydrogen (secondary N) is 2. The molecule has 2 aliphatic rings. The minimum Gasteiger partial charge on any atom is -0.322 e. The molecule has 1 saturated heterocycles. The van der Waals surface area contributed by atoms with E-state index in [0.717, 1.165) is 16.5 Å². The monoisotopic (exact) mass is 473 g/mol. The summed E-state index contributed by atoms with van der Waals surface area (Å²) in [6, 6.07) is 20.7. The summed E-state index contributed by atoms with van der Waals surface area (Å²) in [4.78, 5) is 34.1. The normalized spacial score (nSPS) is 19.2. The summed E-state index contributed by atoms with van der Waals surface area (Å²) in [7, 11) is 0. The summed E-state index contributed by atoms with van der Waals surface area (Å²) in [5.41, 5.74) is 6.71. The molecule has 6 rings (SSSR count). The zero-order valence-electron chi connectivity index (χ0n) is 17.1. The van der Waals surface area contributed by atoms with E-state index in [9.17, 15) is 9.59 Å². The molecule has 2 N–H and O–H groups in total. The van der Waals surface area contributed by atoms with Crippen molar-refractivity contribution in [2.75, 3.05) is 16.5 Å². The number of rotatable bonds is 3. The molecule has 1 unspecified atom stereocenters. The molecule has 4 aromatic rings. The van der Waals surface area contributed by atoms with Crippen molar-refractivity contribution < 1.29 is 9.59 Å². The largest absolute Gasteiger partial charge is 0.322 e. The third-order valence-corrected chi connectivity index (χ3v) is 7.40. The van der Waals surface area contributed by atoms with Crippen LogP contribution in [0.1, 0.15) is 5.56 Å². The topological polar surface area (TPSA) is 87.2 Å². The lowest BCUT2D eigenvalue weighted by molar-refractivity contribution is -0.134. The van der Waals surface area contributed by atoms with Crippen LogP contribution in [0.3, 0.4) is 0 Å². The molecule has 9 heteroatoms. The molecule has 2 aromatic heterocycles. The van der Waals surface area contributed by atoms with Crippen molar-refractivity contribution >= 4 is 57.7 Å². The van der Waals surface area contributed by atoms with Gasteiger partial charge in [0.15, 0.2) is 11.5 Å². The summed E-state index contributed by atoms with van der Waals surface area (Å²) >= 11 is 7.51. The molecule has 1 spiro atoms. The summed E-state index contributed by atoms with van der Waals surface area (Å²) in [5, 5.41) is 5.62. The highest BCUT2D eigenvalue weighted by molar-refractivity contribution is 8.02. The van der Waals surface area contributed by atoms with Gasteiger partial charge in [-0.05, 0) is 42.0 Å². The molecule has 0 aliphatic carbocycles. The first-order valence-corrected chi connectivity index (χ1v) is 11.6. The van der Waals surface area contributed by atoms with Gasteiger partial charge < -0.3 is 5.32 Å². The SMILES string of the molecule is O=C1CSC2(C(=O)Nc3ccc(Cl)cc32)N1Nc1nc2ncccc2cc1-c1ccccc1. The number of carbonyl (C=O) groups is 2. The summed E-state index contributed by atoms with van der Waals surface area (Å²) < 4.78 is 0. The van der Waals surface area contributed by atoms with Crippen LogP contribution in [0.25, 0.3) is 22.2 Å². The molecule has 1 atom stereocenters. The second-order valence-electron chi connectivity index (χ2n) is 7.72. The van der Waals surface area contributed by atoms with Crippen LogP contribution in [0.5, 0.6) is 0 Å². The van der Waals surface area contributed by atoms with E-state index in [0.29, 0.717) is 27.7 Å². The van der Waals surface area contributed by atoms with Crippen molar-refractivity contribution in [3.8, 4) is 11.1 Å². The lowest BCUT2D eigenvalue weighted by atomic mass is 10.0. The van der Waals surface area contributed by atoms with Crippen LogP contribution >= 0.6 is 23.4 Å². The Kier molecular flexibility index (Phi) is 4.53. The molecule has 4 heterocycles. The molecule has 1 fully saturated rings. The van der Waals surface area contributed by atoms with E-state index in [2.05, 4.69) is 15.7 Å². The highest BCUT2D eigenvalue weighted by atomic mass is 35.5. The van der Waals surface area contributed by atoms with Gasteiger partial charge >= 0.3 is 0 Å². The Balaban J connectivity index is 1.52. The van der Waals surface area contributed by atoms with E-state index >= 15 is 0 Å². The molecule has 2 aliphatic heterocycles. The number of anilines is 2. The number of carbonyl (C=O) groups excluding carboxylic acids is 2. The van der Waals surface area contributed by atoms with Gasteiger partial charge in [-0.3, -0.25) is 15.0 Å². The molecule has 0 saturated carbocycles. The lowest BCUT2D eigenvalue weighted by Crippen LogP contribution is -2.50. The highest BCUT2D eigenvalue weighted by Crippen LogP contribution is 2.52. The van der Waals surface area contributed by atoms with Crippen molar-refractivity contribution in [1.82, 2.24) is 15.0 Å². The van der Waals surface area contributed by atoms with Crippen LogP contribution in [0.4, 0.5) is 11.5 Å². The molecular weight excluding hydrogens is 458 g/mol. The van der Waals surface area contributed by atoms with Gasteiger partial charge in [-0.15, -0.1) is 11.8 Å². The van der Waals surface area contributed by atoms with E-state index in [-0.39, 0.29) is 17.6 Å². The summed E-state index contributed by atoms with van der Waals surface area (Å²) in [6.45, 7) is 0. The molecule has 7 nitrogen and oxygen atoms in total. The number of hydrogen-bond acceptors (Lipinski definition) is 6. The average molecular weight is 474 g/mol. The number of amides is 2. The third kappa shape index (κ3) is 3.06. The predicted octanol–water partition coefficient (Wildman–Crippen LogP) is 4.66. The number of nitrogens with zero attached hydrogens (tertiary/aromatic N) is 3. The fourth-order valence-electron chi connectivity index (χ4n) is 4.25. The molecule has 0 bridgehead atoms. The smallest absolute Gasteiger partial charge is 0.267 e. The first kappa shape index (κ1) is 20.0. The minimum atomic E-state index is -1.29. The minimum absolute atomic E-state index is 0.138. The van der Waals surface area contributed by atoms with Crippen LogP contribution in [-0.2, 0) is 14.5 Å². The quantitative estimate of drug-likeness (QED) is 0.450. The van der Waals surface area contributed by atoms with E-state index in [1.807, 2.05) is 48.5 Å². The van der Waals surface area contributed by atoms with Gasteiger partial charge in [-0.2, -0.15) is 0 Å². The van der Waals surface area contributed by atoms with Gasteiger partial charge in [0.2, 0.25) is 4.87 Å². The zero-order chi connectivity index (χ0) is 22.6. The van der Waals surface area contributed by atoms with Gasteiger partial charge in [-0.1, -0.05) is 41.9 Å². The molecule has 33 heavy (non-hydrogen) atoms. The van der Waals surface area contributed by atoms with Crippen LogP contribution in [0.2, 0.25) is 5.02 Å². The molecule has 162 valence electrons. The van der Waals surface area contributed by atoms with Crippen LogP contribution in [0, 0.1) is 0 Å². The predicted molar refractivity (Wildman–Crippen MR) is 130 cm³/mol. The number of fused-ring (bicyclic) bond motifs is 3. The van der Waals surface area contributed by atoms with Gasteiger partial charge in [0.1, 0.15) is 0 Å². The second-order valence-corrected chi connectivity index (χ2v) is 9.32. The van der Waals surface area contributed by atoms with Crippen molar-refractivity contribution in [2.24, 2.45) is 0 Å². The summed E-state index contributed by atoms with van der Waals surface area (Å²) in [6.07, 6.45) is 1.67. The number of benzene rings is 2. The molecule has 2 amide bonds. The van der Waals surface area contributed by atoms with Gasteiger partial charge in [0.25, 0.3) is 11.8 Å². The number of pyridine rings is 2. The van der Waals surface area contributed by atoms with Gasteiger partial charge in [-0.25, -0.2) is 15.0 Å². The Morgan fingerprint density at radius 3 is 2.76 bits per heavy atom. The van der Waals surface area contributed by atoms with Crippen LogP contribution in [0.15, 0.2) is 72.9 Å². The number of hydrogen-bond donors (Lipinski definition) is 2. The van der Waals surface area contributed by atoms with E-state index in [4.69, 9.17) is 16.6 Å². The zero-order valence-corrected chi connectivity index (χ0v) is 18.7. The Labute approximate surface area is 198 Å². The fraction of sp³-hybridized carbons (Fsp3) is 0.0833. The maximum atomic E-state index is 13.2. The Hall–Kier alpha value is -3.62. The van der Waals surface area contributed by atoms with Gasteiger partial charge in [0, 0.05) is 33.4 Å². The summed E-state index contributed by atoms with van der Waals surface area (Å²) in [5.74, 6) is 0.0397. The highest BCUT2D eigenvalue weighted by Gasteiger charge is 2.58. The van der Waals surface area contributed by atoms with Crippen molar-refractivity contribution in [3.05, 3.63) is 83.5 Å². The Morgan fingerprint density at radius 2 is 1.91 bits per heavy atom. The maximum Gasteiger partial charge on any atom is 0.267 e. The molecule has 0 radical (unpaired) electrons. The third-order valence-electron chi connectivity index (χ3n) is 5.76.